The lowest BCUT2D eigenvalue weighted by Crippen LogP contribution is -2.55. The van der Waals surface area contributed by atoms with Gasteiger partial charge >= 0.3 is 0 Å². The van der Waals surface area contributed by atoms with Crippen LogP contribution in [0.4, 0.5) is 10.2 Å². The quantitative estimate of drug-likeness (QED) is 0.629. The number of furan rings is 1. The molecule has 3 aliphatic heterocycles. The first kappa shape index (κ1) is 20.4. The van der Waals surface area contributed by atoms with E-state index in [9.17, 15) is 14.3 Å². The summed E-state index contributed by atoms with van der Waals surface area (Å²) >= 11 is 0. The molecule has 6 rings (SSSR count). The minimum Gasteiger partial charge on any atom is -0.507 e. The third kappa shape index (κ3) is 3.42. The van der Waals surface area contributed by atoms with Gasteiger partial charge in [-0.15, -0.1) is 10.2 Å². The monoisotopic (exact) mass is 451 g/mol. The van der Waals surface area contributed by atoms with Crippen molar-refractivity contribution in [2.45, 2.75) is 50.0 Å². The van der Waals surface area contributed by atoms with Crippen LogP contribution in [0.5, 0.6) is 5.75 Å². The molecule has 4 atom stereocenters. The molecule has 2 aromatic heterocycles. The van der Waals surface area contributed by atoms with Gasteiger partial charge < -0.3 is 24.6 Å². The number of anilines is 1. The number of nitrogens with zero attached hydrogens (tertiary/aromatic N) is 4. The number of aromatic hydroxyl groups is 1. The molecule has 5 heterocycles. The number of fused-ring (bicyclic) bond motifs is 3. The van der Waals surface area contributed by atoms with Crippen LogP contribution in [0.25, 0.3) is 22.2 Å². The first-order chi connectivity index (χ1) is 16.0. The molecule has 172 valence electrons. The maximum absolute atomic E-state index is 14.9. The molecule has 8 nitrogen and oxygen atoms in total. The highest BCUT2D eigenvalue weighted by molar-refractivity contribution is 5.97. The zero-order valence-corrected chi connectivity index (χ0v) is 18.4. The molecular weight excluding hydrogens is 425 g/mol. The van der Waals surface area contributed by atoms with Gasteiger partial charge in [0.05, 0.1) is 11.7 Å². The van der Waals surface area contributed by atoms with Crippen molar-refractivity contribution in [3.63, 3.8) is 0 Å². The molecule has 1 amide bonds. The summed E-state index contributed by atoms with van der Waals surface area (Å²) < 4.78 is 20.7. The van der Waals surface area contributed by atoms with Crippen LogP contribution in [-0.4, -0.2) is 70.5 Å². The second kappa shape index (κ2) is 7.69. The molecule has 1 aromatic carbocycles. The van der Waals surface area contributed by atoms with E-state index in [1.54, 1.807) is 35.2 Å². The zero-order chi connectivity index (χ0) is 22.7. The van der Waals surface area contributed by atoms with Gasteiger partial charge in [-0.1, -0.05) is 0 Å². The third-order valence-corrected chi connectivity index (χ3v) is 7.33. The Hall–Kier alpha value is -3.20. The normalized spacial score (nSPS) is 26.4. The number of benzene rings is 1. The first-order valence-electron chi connectivity index (χ1n) is 11.5. The highest BCUT2D eigenvalue weighted by Gasteiger charge is 2.43. The molecule has 0 saturated carbocycles. The minimum atomic E-state index is -0.950. The summed E-state index contributed by atoms with van der Waals surface area (Å²) in [5.41, 5.74) is 1.44. The van der Waals surface area contributed by atoms with Gasteiger partial charge in [0.25, 0.3) is 5.91 Å². The molecule has 3 saturated heterocycles. The number of nitrogens with one attached hydrogen (secondary N) is 1. The summed E-state index contributed by atoms with van der Waals surface area (Å²) in [4.78, 5) is 16.1. The Kier molecular flexibility index (Phi) is 4.76. The lowest BCUT2D eigenvalue weighted by atomic mass is 9.96. The van der Waals surface area contributed by atoms with Crippen LogP contribution in [0.3, 0.4) is 0 Å². The lowest BCUT2D eigenvalue weighted by molar-refractivity contribution is 0.0621. The van der Waals surface area contributed by atoms with Crippen LogP contribution in [0, 0.1) is 0 Å². The summed E-state index contributed by atoms with van der Waals surface area (Å²) in [6, 6.07) is 8.49. The molecule has 33 heavy (non-hydrogen) atoms. The average Bonchev–Trinajstić information content (AvgIpc) is 3.38. The Morgan fingerprint density at radius 3 is 2.82 bits per heavy atom. The highest BCUT2D eigenvalue weighted by Crippen LogP contribution is 2.36. The Morgan fingerprint density at radius 2 is 2.09 bits per heavy atom. The molecule has 0 radical (unpaired) electrons. The van der Waals surface area contributed by atoms with E-state index in [1.807, 2.05) is 11.9 Å². The number of phenols is 1. The molecule has 2 unspecified atom stereocenters. The standard InChI is InChI=1S/C24H26FN5O3/c1-29(18-11-14-3-4-17(26-14)23(18)25)22-6-5-16(27-28-22)15-12-20-13(9-19(15)31)10-21(33-20)24(32)30-7-2-8-30/h5-6,9-10,12,14,17-18,23,26,31H,2-4,7-8,11H2,1H3/t14?,17?,18-,23+/m0/s1. The van der Waals surface area contributed by atoms with Crippen molar-refractivity contribution in [1.29, 1.82) is 0 Å². The van der Waals surface area contributed by atoms with Crippen molar-refractivity contribution in [3.8, 4) is 17.0 Å². The van der Waals surface area contributed by atoms with Crippen LogP contribution >= 0.6 is 0 Å². The number of carbonyl (C=O) groups is 1. The van der Waals surface area contributed by atoms with Crippen molar-refractivity contribution < 1.29 is 18.7 Å². The zero-order valence-electron chi connectivity index (χ0n) is 18.4. The fourth-order valence-electron chi connectivity index (χ4n) is 5.24. The van der Waals surface area contributed by atoms with Gasteiger partial charge in [-0.2, -0.15) is 0 Å². The predicted octanol–water partition coefficient (Wildman–Crippen LogP) is 3.11. The summed E-state index contributed by atoms with van der Waals surface area (Å²) in [6.45, 7) is 1.48. The minimum absolute atomic E-state index is 0.0282. The fourth-order valence-corrected chi connectivity index (χ4v) is 5.24. The third-order valence-electron chi connectivity index (χ3n) is 7.33. The van der Waals surface area contributed by atoms with E-state index in [2.05, 4.69) is 15.5 Å². The SMILES string of the molecule is CN(c1ccc(-c2cc3oc(C(=O)N4CCC4)cc3cc2O)nn1)[C@H]1CC2CCC(N2)[C@H]1F. The van der Waals surface area contributed by atoms with Crippen LogP contribution in [0.2, 0.25) is 0 Å². The molecule has 3 fully saturated rings. The number of piperidine rings is 1. The smallest absolute Gasteiger partial charge is 0.289 e. The van der Waals surface area contributed by atoms with E-state index < -0.39 is 6.17 Å². The van der Waals surface area contributed by atoms with E-state index in [0.717, 1.165) is 38.8 Å². The Morgan fingerprint density at radius 1 is 1.24 bits per heavy atom. The molecule has 3 aromatic rings. The van der Waals surface area contributed by atoms with Crippen molar-refractivity contribution in [3.05, 3.63) is 36.1 Å². The van der Waals surface area contributed by atoms with E-state index >= 15 is 0 Å². The molecule has 3 aliphatic rings. The van der Waals surface area contributed by atoms with Gasteiger partial charge in [-0.05, 0) is 56.0 Å². The van der Waals surface area contributed by atoms with Crippen molar-refractivity contribution in [2.75, 3.05) is 25.0 Å². The number of hydrogen-bond acceptors (Lipinski definition) is 7. The van der Waals surface area contributed by atoms with Crippen LogP contribution < -0.4 is 10.2 Å². The van der Waals surface area contributed by atoms with Crippen molar-refractivity contribution >= 4 is 22.7 Å². The topological polar surface area (TPSA) is 94.7 Å². The maximum Gasteiger partial charge on any atom is 0.289 e. The average molecular weight is 452 g/mol. The van der Waals surface area contributed by atoms with Gasteiger partial charge in [0.15, 0.2) is 11.6 Å². The van der Waals surface area contributed by atoms with Crippen molar-refractivity contribution in [1.82, 2.24) is 20.4 Å². The molecule has 9 heteroatoms. The number of hydrogen-bond donors (Lipinski definition) is 2. The van der Waals surface area contributed by atoms with Crippen molar-refractivity contribution in [2.24, 2.45) is 0 Å². The predicted molar refractivity (Wildman–Crippen MR) is 121 cm³/mol. The number of aromatic nitrogens is 2. The largest absolute Gasteiger partial charge is 0.507 e. The van der Waals surface area contributed by atoms with Gasteiger partial charge in [0.2, 0.25) is 0 Å². The van der Waals surface area contributed by atoms with E-state index in [1.165, 1.54) is 0 Å². The number of alkyl halides is 1. The van der Waals surface area contributed by atoms with Gasteiger partial charge in [0, 0.05) is 43.2 Å². The Labute approximate surface area is 190 Å². The number of rotatable bonds is 4. The second-order valence-electron chi connectivity index (χ2n) is 9.35. The number of likely N-dealkylation sites (tertiary alicyclic amines) is 1. The molecule has 2 bridgehead atoms. The molecular formula is C24H26FN5O3. The maximum atomic E-state index is 14.9. The van der Waals surface area contributed by atoms with Gasteiger partial charge in [-0.3, -0.25) is 4.79 Å². The van der Waals surface area contributed by atoms with E-state index in [-0.39, 0.29) is 29.5 Å². The second-order valence-corrected chi connectivity index (χ2v) is 9.35. The van der Waals surface area contributed by atoms with E-state index in [0.29, 0.717) is 34.1 Å². The number of halogens is 1. The van der Waals surface area contributed by atoms with Crippen LogP contribution in [0.15, 0.2) is 34.7 Å². The van der Waals surface area contributed by atoms with Gasteiger partial charge in [-0.25, -0.2) is 4.39 Å². The number of phenolic OH excluding ortho intramolecular Hbond substituents is 1. The fraction of sp³-hybridized carbons (Fsp3) is 0.458. The summed E-state index contributed by atoms with van der Waals surface area (Å²) in [7, 11) is 1.86. The Balaban J connectivity index is 1.25. The Bertz CT molecular complexity index is 1210. The summed E-state index contributed by atoms with van der Waals surface area (Å²) in [5.74, 6) is 0.748. The van der Waals surface area contributed by atoms with Gasteiger partial charge in [0.1, 0.15) is 17.5 Å². The lowest BCUT2D eigenvalue weighted by Gasteiger charge is -2.38. The molecule has 0 spiro atoms. The first-order valence-corrected chi connectivity index (χ1v) is 11.5. The van der Waals surface area contributed by atoms with E-state index in [4.69, 9.17) is 4.42 Å². The molecule has 2 N–H and O–H groups in total. The molecule has 0 aliphatic carbocycles. The number of amides is 1. The summed E-state index contributed by atoms with van der Waals surface area (Å²) in [6.07, 6.45) is 2.69. The number of carbonyl (C=O) groups excluding carboxylic acids is 1. The van der Waals surface area contributed by atoms with Crippen LogP contribution in [0.1, 0.15) is 36.2 Å². The van der Waals surface area contributed by atoms with Crippen LogP contribution in [-0.2, 0) is 0 Å². The highest BCUT2D eigenvalue weighted by atomic mass is 19.1. The summed E-state index contributed by atoms with van der Waals surface area (Å²) in [5, 5.41) is 23.2.